The van der Waals surface area contributed by atoms with Crippen molar-refractivity contribution < 1.29 is 22.4 Å². The first-order valence-corrected chi connectivity index (χ1v) is 9.55. The molecule has 142 valence electrons. The summed E-state index contributed by atoms with van der Waals surface area (Å²) in [6.07, 6.45) is -1.18. The van der Waals surface area contributed by atoms with Gasteiger partial charge in [-0.1, -0.05) is 55.5 Å². The summed E-state index contributed by atoms with van der Waals surface area (Å²) in [4.78, 5) is 14.4. The molecule has 1 aromatic heterocycles. The molecular weight excluding hydrogens is 395 g/mol. The molecule has 0 aliphatic carbocycles. The molecule has 0 radical (unpaired) electrons. The highest BCUT2D eigenvalue weighted by Gasteiger charge is 2.34. The van der Waals surface area contributed by atoms with Gasteiger partial charge in [-0.2, -0.15) is 13.2 Å². The van der Waals surface area contributed by atoms with E-state index in [0.29, 0.717) is 21.5 Å². The zero-order valence-corrected chi connectivity index (χ0v) is 16.0. The zero-order valence-electron chi connectivity index (χ0n) is 14.4. The van der Waals surface area contributed by atoms with Crippen molar-refractivity contribution >= 4 is 40.3 Å². The first kappa shape index (κ1) is 19.7. The molecular formula is C19H16F3NO2S2. The Morgan fingerprint density at radius 3 is 2.67 bits per heavy atom. The summed E-state index contributed by atoms with van der Waals surface area (Å²) in [6, 6.07) is 8.23. The lowest BCUT2D eigenvalue weighted by Crippen LogP contribution is -2.28. The molecule has 8 heteroatoms. The molecule has 0 N–H and O–H groups in total. The number of amides is 1. The Morgan fingerprint density at radius 1 is 1.22 bits per heavy atom. The molecule has 2 heterocycles. The predicted octanol–water partition coefficient (Wildman–Crippen LogP) is 5.97. The fourth-order valence-electron chi connectivity index (χ4n) is 2.66. The number of alkyl halides is 3. The average molecular weight is 411 g/mol. The second kappa shape index (κ2) is 7.90. The van der Waals surface area contributed by atoms with Crippen molar-refractivity contribution in [3.05, 3.63) is 52.6 Å². The van der Waals surface area contributed by atoms with Crippen LogP contribution in [0.2, 0.25) is 0 Å². The topological polar surface area (TPSA) is 33.5 Å². The van der Waals surface area contributed by atoms with Crippen molar-refractivity contribution in [2.75, 3.05) is 6.54 Å². The van der Waals surface area contributed by atoms with Crippen LogP contribution in [0.1, 0.15) is 31.1 Å². The van der Waals surface area contributed by atoms with E-state index in [-0.39, 0.29) is 17.2 Å². The van der Waals surface area contributed by atoms with Gasteiger partial charge in [0.15, 0.2) is 0 Å². The summed E-state index contributed by atoms with van der Waals surface area (Å²) in [5.74, 6) is 0.195. The van der Waals surface area contributed by atoms with Crippen LogP contribution in [-0.4, -0.2) is 21.7 Å². The number of carbonyl (C=O) groups is 1. The number of benzene rings is 1. The average Bonchev–Trinajstić information content (AvgIpc) is 3.18. The summed E-state index contributed by atoms with van der Waals surface area (Å²) >= 11 is 6.40. The lowest BCUT2D eigenvalue weighted by molar-refractivity contribution is -0.137. The Kier molecular flexibility index (Phi) is 5.76. The lowest BCUT2D eigenvalue weighted by Gasteiger charge is -2.12. The summed E-state index contributed by atoms with van der Waals surface area (Å²) in [7, 11) is 0. The van der Waals surface area contributed by atoms with Crippen molar-refractivity contribution in [3.63, 3.8) is 0 Å². The van der Waals surface area contributed by atoms with E-state index in [2.05, 4.69) is 0 Å². The molecule has 1 aromatic carbocycles. The van der Waals surface area contributed by atoms with Gasteiger partial charge in [0, 0.05) is 18.2 Å². The Balaban J connectivity index is 1.87. The van der Waals surface area contributed by atoms with Crippen LogP contribution in [0.4, 0.5) is 13.2 Å². The minimum absolute atomic E-state index is 0.0415. The van der Waals surface area contributed by atoms with Crippen molar-refractivity contribution in [1.82, 2.24) is 4.90 Å². The SMILES string of the molecule is CCCCN1C(=O)/C(=C/c2ccc(-c3ccccc3C(F)(F)F)o2)SC1=S. The van der Waals surface area contributed by atoms with E-state index >= 15 is 0 Å². The smallest absolute Gasteiger partial charge is 0.417 e. The van der Waals surface area contributed by atoms with Crippen molar-refractivity contribution in [2.24, 2.45) is 0 Å². The van der Waals surface area contributed by atoms with Crippen molar-refractivity contribution in [2.45, 2.75) is 25.9 Å². The molecule has 2 aromatic rings. The van der Waals surface area contributed by atoms with E-state index in [0.717, 1.165) is 18.9 Å². The molecule has 3 nitrogen and oxygen atoms in total. The highest BCUT2D eigenvalue weighted by atomic mass is 32.2. The largest absolute Gasteiger partial charge is 0.457 e. The van der Waals surface area contributed by atoms with E-state index in [9.17, 15) is 18.0 Å². The summed E-state index contributed by atoms with van der Waals surface area (Å²) in [5, 5.41) is 0. The van der Waals surface area contributed by atoms with E-state index in [4.69, 9.17) is 16.6 Å². The van der Waals surface area contributed by atoms with E-state index in [1.165, 1.54) is 47.0 Å². The van der Waals surface area contributed by atoms with Crippen LogP contribution >= 0.6 is 24.0 Å². The van der Waals surface area contributed by atoms with Crippen LogP contribution in [0, 0.1) is 0 Å². The van der Waals surface area contributed by atoms with Gasteiger partial charge in [0.25, 0.3) is 5.91 Å². The molecule has 0 unspecified atom stereocenters. The van der Waals surface area contributed by atoms with Crippen LogP contribution in [0.15, 0.2) is 45.7 Å². The Labute approximate surface area is 164 Å². The second-order valence-electron chi connectivity index (χ2n) is 5.93. The molecule has 0 saturated carbocycles. The maximum absolute atomic E-state index is 13.2. The van der Waals surface area contributed by atoms with E-state index in [1.54, 1.807) is 6.07 Å². The quantitative estimate of drug-likeness (QED) is 0.449. The first-order valence-electron chi connectivity index (χ1n) is 8.33. The fraction of sp³-hybridized carbons (Fsp3) is 0.263. The van der Waals surface area contributed by atoms with E-state index in [1.807, 2.05) is 6.92 Å². The maximum atomic E-state index is 13.2. The van der Waals surface area contributed by atoms with Gasteiger partial charge in [-0.15, -0.1) is 0 Å². The Bertz CT molecular complexity index is 902. The summed E-state index contributed by atoms with van der Waals surface area (Å²) < 4.78 is 45.6. The maximum Gasteiger partial charge on any atom is 0.417 e. The third kappa shape index (κ3) is 4.27. The van der Waals surface area contributed by atoms with Gasteiger partial charge in [-0.05, 0) is 24.6 Å². The van der Waals surface area contributed by atoms with Gasteiger partial charge in [-0.3, -0.25) is 9.69 Å². The molecule has 3 rings (SSSR count). The standard InChI is InChI=1S/C19H16F3NO2S2/c1-2-3-10-23-17(24)16(27-18(23)26)11-12-8-9-15(25-12)13-6-4-5-7-14(13)19(20,21)22/h4-9,11H,2-3,10H2,1H3/b16-11-. The normalized spacial score (nSPS) is 16.6. The zero-order chi connectivity index (χ0) is 19.6. The summed E-state index contributed by atoms with van der Waals surface area (Å²) in [5.41, 5.74) is -0.808. The number of thioether (sulfide) groups is 1. The van der Waals surface area contributed by atoms with Crippen LogP contribution in [0.25, 0.3) is 17.4 Å². The molecule has 0 atom stereocenters. The third-order valence-corrected chi connectivity index (χ3v) is 5.38. The van der Waals surface area contributed by atoms with Gasteiger partial charge < -0.3 is 4.42 Å². The van der Waals surface area contributed by atoms with Gasteiger partial charge in [0.1, 0.15) is 15.8 Å². The Morgan fingerprint density at radius 2 is 1.96 bits per heavy atom. The van der Waals surface area contributed by atoms with Crippen molar-refractivity contribution in [3.8, 4) is 11.3 Å². The molecule has 1 amide bonds. The highest BCUT2D eigenvalue weighted by molar-refractivity contribution is 8.26. The molecule has 1 aliphatic heterocycles. The molecule has 1 aliphatic rings. The Hall–Kier alpha value is -2.06. The van der Waals surface area contributed by atoms with Gasteiger partial charge in [0.2, 0.25) is 0 Å². The highest BCUT2D eigenvalue weighted by Crippen LogP contribution is 2.38. The predicted molar refractivity (Wildman–Crippen MR) is 104 cm³/mol. The van der Waals surface area contributed by atoms with Gasteiger partial charge in [-0.25, -0.2) is 0 Å². The molecule has 0 spiro atoms. The number of furan rings is 1. The number of carbonyl (C=O) groups excluding carboxylic acids is 1. The van der Waals surface area contributed by atoms with E-state index < -0.39 is 11.7 Å². The number of thiocarbonyl (C=S) groups is 1. The lowest BCUT2D eigenvalue weighted by atomic mass is 10.1. The summed E-state index contributed by atoms with van der Waals surface area (Å²) in [6.45, 7) is 2.58. The number of hydrogen-bond donors (Lipinski definition) is 0. The third-order valence-electron chi connectivity index (χ3n) is 4.01. The van der Waals surface area contributed by atoms with Gasteiger partial charge in [0.05, 0.1) is 10.5 Å². The van der Waals surface area contributed by atoms with Crippen molar-refractivity contribution in [1.29, 1.82) is 0 Å². The second-order valence-corrected chi connectivity index (χ2v) is 7.61. The number of halogens is 3. The first-order chi connectivity index (χ1) is 12.8. The molecule has 1 fully saturated rings. The fourth-order valence-corrected chi connectivity index (χ4v) is 3.95. The monoisotopic (exact) mass is 411 g/mol. The van der Waals surface area contributed by atoms with Crippen LogP contribution in [0.5, 0.6) is 0 Å². The minimum Gasteiger partial charge on any atom is -0.457 e. The number of nitrogens with zero attached hydrogens (tertiary/aromatic N) is 1. The minimum atomic E-state index is -4.48. The van der Waals surface area contributed by atoms with Gasteiger partial charge >= 0.3 is 6.18 Å². The molecule has 27 heavy (non-hydrogen) atoms. The number of hydrogen-bond acceptors (Lipinski definition) is 4. The van der Waals surface area contributed by atoms with Crippen LogP contribution in [-0.2, 0) is 11.0 Å². The number of unbranched alkanes of at least 4 members (excludes halogenated alkanes) is 1. The molecule has 0 bridgehead atoms. The van der Waals surface area contributed by atoms with Crippen LogP contribution in [0.3, 0.4) is 0 Å². The van der Waals surface area contributed by atoms with Crippen LogP contribution < -0.4 is 0 Å². The molecule has 1 saturated heterocycles. The number of rotatable bonds is 5.